The van der Waals surface area contributed by atoms with Crippen LogP contribution in [0.1, 0.15) is 56.3 Å². The predicted octanol–water partition coefficient (Wildman–Crippen LogP) is 2.44. The fourth-order valence-electron chi connectivity index (χ4n) is 5.02. The van der Waals surface area contributed by atoms with Crippen LogP contribution in [-0.4, -0.2) is 75.5 Å². The summed E-state index contributed by atoms with van der Waals surface area (Å²) in [4.78, 5) is 26.1. The molecule has 3 aromatic rings. The summed E-state index contributed by atoms with van der Waals surface area (Å²) in [5, 5.41) is 17.9. The van der Waals surface area contributed by atoms with Crippen LogP contribution in [0, 0.1) is 5.82 Å². The van der Waals surface area contributed by atoms with Crippen LogP contribution in [0.2, 0.25) is 0 Å². The molecule has 0 radical (unpaired) electrons. The smallest absolute Gasteiger partial charge is 0.335 e. The molecule has 1 N–H and O–H groups in total. The molecule has 2 aliphatic heterocycles. The number of carboxylic acids is 1. The Kier molecular flexibility index (Phi) is 6.54. The second kappa shape index (κ2) is 9.67. The third-order valence-corrected chi connectivity index (χ3v) is 8.41. The second-order valence-corrected chi connectivity index (χ2v) is 11.4. The van der Waals surface area contributed by atoms with E-state index in [0.29, 0.717) is 49.3 Å². The standard InChI is InChI=1S/C25H26FN5O5S/c1-37(35,36)30-12-8-16(9-13-30)23-15-31(28-27-23)18-4-2-17(3-5-18)24(32)29-11-10-19-20(25(33)34)6-7-22(26)21(19)14-29/h2-7,15-16H,8-14H2,1H3,(H,33,34). The summed E-state index contributed by atoms with van der Waals surface area (Å²) >= 11 is 0. The normalized spacial score (nSPS) is 17.0. The molecule has 0 saturated carbocycles. The van der Waals surface area contributed by atoms with Crippen molar-refractivity contribution < 1.29 is 27.5 Å². The number of piperidine rings is 1. The van der Waals surface area contributed by atoms with E-state index in [9.17, 15) is 27.5 Å². The Morgan fingerprint density at radius 3 is 2.38 bits per heavy atom. The lowest BCUT2D eigenvalue weighted by molar-refractivity contribution is 0.0693. The fraction of sp³-hybridized carbons (Fsp3) is 0.360. The molecular weight excluding hydrogens is 501 g/mol. The molecule has 0 unspecified atom stereocenters. The Labute approximate surface area is 213 Å². The molecule has 194 valence electrons. The van der Waals surface area contributed by atoms with Crippen LogP contribution in [0.3, 0.4) is 0 Å². The van der Waals surface area contributed by atoms with Gasteiger partial charge in [0, 0.05) is 43.2 Å². The van der Waals surface area contributed by atoms with Gasteiger partial charge in [0.1, 0.15) is 5.82 Å². The summed E-state index contributed by atoms with van der Waals surface area (Å²) in [6.07, 6.45) is 4.65. The molecule has 0 aliphatic carbocycles. The van der Waals surface area contributed by atoms with Crippen LogP contribution < -0.4 is 0 Å². The highest BCUT2D eigenvalue weighted by molar-refractivity contribution is 7.88. The molecule has 1 saturated heterocycles. The van der Waals surface area contributed by atoms with Gasteiger partial charge in [-0.15, -0.1) is 5.10 Å². The molecular formula is C25H26FN5O5S. The van der Waals surface area contributed by atoms with Crippen molar-refractivity contribution in [2.45, 2.75) is 31.7 Å². The van der Waals surface area contributed by atoms with E-state index in [1.807, 2.05) is 6.20 Å². The average molecular weight is 528 g/mol. The predicted molar refractivity (Wildman–Crippen MR) is 132 cm³/mol. The van der Waals surface area contributed by atoms with Gasteiger partial charge in [-0.25, -0.2) is 26.6 Å². The zero-order chi connectivity index (χ0) is 26.3. The summed E-state index contributed by atoms with van der Waals surface area (Å²) in [5.74, 6) is -1.77. The molecule has 0 bridgehead atoms. The third kappa shape index (κ3) is 4.98. The molecule has 3 heterocycles. The highest BCUT2D eigenvalue weighted by atomic mass is 32.2. The minimum atomic E-state index is -3.19. The number of hydrogen-bond donors (Lipinski definition) is 1. The van der Waals surface area contributed by atoms with Crippen LogP contribution in [0.25, 0.3) is 5.69 Å². The number of aromatic nitrogens is 3. The quantitative estimate of drug-likeness (QED) is 0.540. The van der Waals surface area contributed by atoms with Crippen LogP contribution >= 0.6 is 0 Å². The Morgan fingerprint density at radius 2 is 1.73 bits per heavy atom. The van der Waals surface area contributed by atoms with Crippen molar-refractivity contribution in [1.29, 1.82) is 0 Å². The lowest BCUT2D eigenvalue weighted by Crippen LogP contribution is -2.37. The van der Waals surface area contributed by atoms with Crippen LogP contribution in [0.15, 0.2) is 42.6 Å². The first kappa shape index (κ1) is 25.0. The number of nitrogens with zero attached hydrogens (tertiary/aromatic N) is 5. The Bertz CT molecular complexity index is 1460. The summed E-state index contributed by atoms with van der Waals surface area (Å²) in [6, 6.07) is 9.23. The number of fused-ring (bicyclic) bond motifs is 1. The van der Waals surface area contributed by atoms with Crippen molar-refractivity contribution in [3.8, 4) is 5.69 Å². The summed E-state index contributed by atoms with van der Waals surface area (Å²) in [6.45, 7) is 1.21. The van der Waals surface area contributed by atoms with Crippen molar-refractivity contribution in [3.05, 3.63) is 76.4 Å². The number of sulfonamides is 1. The van der Waals surface area contributed by atoms with Crippen LogP contribution in [-0.2, 0) is 23.0 Å². The van der Waals surface area contributed by atoms with Gasteiger partial charge in [0.25, 0.3) is 5.91 Å². The number of hydrogen-bond acceptors (Lipinski definition) is 6. The zero-order valence-electron chi connectivity index (χ0n) is 20.2. The van der Waals surface area contributed by atoms with E-state index in [4.69, 9.17) is 0 Å². The molecule has 0 atom stereocenters. The first-order chi connectivity index (χ1) is 17.6. The number of carboxylic acid groups (broad SMARTS) is 1. The van der Waals surface area contributed by atoms with Crippen molar-refractivity contribution in [2.24, 2.45) is 0 Å². The Balaban J connectivity index is 1.26. The second-order valence-electron chi connectivity index (χ2n) is 9.41. The SMILES string of the molecule is CS(=O)(=O)N1CCC(c2cn(-c3ccc(C(=O)N4CCc5c(C(=O)O)ccc(F)c5C4)cc3)nn2)CC1. The number of carbonyl (C=O) groups excluding carboxylic acids is 1. The van der Waals surface area contributed by atoms with Gasteiger partial charge in [0.05, 0.1) is 29.4 Å². The van der Waals surface area contributed by atoms with E-state index < -0.39 is 21.8 Å². The Morgan fingerprint density at radius 1 is 1.03 bits per heavy atom. The maximum atomic E-state index is 14.4. The highest BCUT2D eigenvalue weighted by Crippen LogP contribution is 2.29. The summed E-state index contributed by atoms with van der Waals surface area (Å²) in [7, 11) is -3.19. The van der Waals surface area contributed by atoms with Crippen molar-refractivity contribution >= 4 is 21.9 Å². The minimum absolute atomic E-state index is 0.00740. The summed E-state index contributed by atoms with van der Waals surface area (Å²) in [5.41, 5.74) is 2.69. The largest absolute Gasteiger partial charge is 0.478 e. The number of halogens is 1. The van der Waals surface area contributed by atoms with E-state index in [1.54, 1.807) is 28.9 Å². The van der Waals surface area contributed by atoms with Crippen molar-refractivity contribution in [1.82, 2.24) is 24.2 Å². The molecule has 1 amide bonds. The van der Waals surface area contributed by atoms with E-state index in [-0.39, 0.29) is 35.9 Å². The lowest BCUT2D eigenvalue weighted by Gasteiger charge is -2.30. The molecule has 1 fully saturated rings. The van der Waals surface area contributed by atoms with Crippen molar-refractivity contribution in [3.63, 3.8) is 0 Å². The lowest BCUT2D eigenvalue weighted by atomic mass is 9.93. The molecule has 12 heteroatoms. The maximum absolute atomic E-state index is 14.4. The maximum Gasteiger partial charge on any atom is 0.335 e. The molecule has 37 heavy (non-hydrogen) atoms. The number of rotatable bonds is 5. The number of aromatic carboxylic acids is 1. The van der Waals surface area contributed by atoms with Gasteiger partial charge in [0.15, 0.2) is 0 Å². The first-order valence-electron chi connectivity index (χ1n) is 11.9. The minimum Gasteiger partial charge on any atom is -0.478 e. The third-order valence-electron chi connectivity index (χ3n) is 7.10. The monoisotopic (exact) mass is 527 g/mol. The van der Waals surface area contributed by atoms with E-state index in [0.717, 1.165) is 11.8 Å². The van der Waals surface area contributed by atoms with Crippen molar-refractivity contribution in [2.75, 3.05) is 25.9 Å². The molecule has 1 aromatic heterocycles. The number of benzene rings is 2. The van der Waals surface area contributed by atoms with Gasteiger partial charge in [0.2, 0.25) is 10.0 Å². The topological polar surface area (TPSA) is 126 Å². The van der Waals surface area contributed by atoms with Gasteiger partial charge in [-0.2, -0.15) is 0 Å². The van der Waals surface area contributed by atoms with Gasteiger partial charge in [-0.1, -0.05) is 5.21 Å². The van der Waals surface area contributed by atoms with Crippen LogP contribution in [0.4, 0.5) is 4.39 Å². The van der Waals surface area contributed by atoms with E-state index in [2.05, 4.69) is 10.3 Å². The van der Waals surface area contributed by atoms with E-state index in [1.165, 1.54) is 21.5 Å². The molecule has 2 aliphatic rings. The Hall–Kier alpha value is -3.64. The van der Waals surface area contributed by atoms with Gasteiger partial charge in [-0.05, 0) is 61.2 Å². The fourth-order valence-corrected chi connectivity index (χ4v) is 5.90. The average Bonchev–Trinajstić information content (AvgIpc) is 3.38. The first-order valence-corrected chi connectivity index (χ1v) is 13.8. The number of carbonyl (C=O) groups is 2. The highest BCUT2D eigenvalue weighted by Gasteiger charge is 2.29. The summed E-state index contributed by atoms with van der Waals surface area (Å²) < 4.78 is 41.0. The molecule has 2 aromatic carbocycles. The van der Waals surface area contributed by atoms with Gasteiger partial charge in [-0.3, -0.25) is 4.79 Å². The van der Waals surface area contributed by atoms with Gasteiger partial charge < -0.3 is 10.0 Å². The molecule has 10 nitrogen and oxygen atoms in total. The molecule has 0 spiro atoms. The zero-order valence-corrected chi connectivity index (χ0v) is 21.0. The molecule has 5 rings (SSSR count). The van der Waals surface area contributed by atoms with Crippen LogP contribution in [0.5, 0.6) is 0 Å². The van der Waals surface area contributed by atoms with Gasteiger partial charge >= 0.3 is 5.97 Å². The number of amides is 1. The van der Waals surface area contributed by atoms with E-state index >= 15 is 0 Å².